The van der Waals surface area contributed by atoms with Crippen molar-refractivity contribution in [3.63, 3.8) is 0 Å². The molecule has 1 N–H and O–H groups in total. The third-order valence-electron chi connectivity index (χ3n) is 2.91. The molecule has 0 spiro atoms. The first-order chi connectivity index (χ1) is 10.1. The molecule has 5 nitrogen and oxygen atoms in total. The molecule has 0 aliphatic carbocycles. The molecule has 0 fully saturated rings. The largest absolute Gasteiger partial charge is 0.480 e. The summed E-state index contributed by atoms with van der Waals surface area (Å²) in [6, 6.07) is 3.78. The molecule has 1 unspecified atom stereocenters. The van der Waals surface area contributed by atoms with Gasteiger partial charge in [0, 0.05) is 6.42 Å². The smallest absolute Gasteiger partial charge is 0.241 e. The van der Waals surface area contributed by atoms with Crippen molar-refractivity contribution in [1.82, 2.24) is 9.97 Å². The van der Waals surface area contributed by atoms with Gasteiger partial charge in [0.25, 0.3) is 0 Å². The molecule has 0 amide bonds. The number of hydrogen-bond donors (Lipinski definition) is 1. The Morgan fingerprint density at radius 2 is 2.00 bits per heavy atom. The molecule has 2 aromatic rings. The minimum Gasteiger partial charge on any atom is -0.480 e. The van der Waals surface area contributed by atoms with Crippen LogP contribution in [0.25, 0.3) is 0 Å². The van der Waals surface area contributed by atoms with E-state index in [2.05, 4.69) is 9.97 Å². The molecular weight excluding hydrogens is 282 g/mol. The van der Waals surface area contributed by atoms with Crippen molar-refractivity contribution in [3.05, 3.63) is 47.3 Å². The van der Waals surface area contributed by atoms with Crippen molar-refractivity contribution in [3.8, 4) is 11.8 Å². The average molecular weight is 296 g/mol. The van der Waals surface area contributed by atoms with Gasteiger partial charge in [-0.1, -0.05) is 12.1 Å². The predicted octanol–water partition coefficient (Wildman–Crippen LogP) is 2.05. The molecule has 2 rings (SSSR count). The number of aliphatic hydroxyl groups excluding tert-OH is 1. The number of aromatic nitrogens is 2. The zero-order valence-electron chi connectivity index (χ0n) is 11.5. The topological polar surface area (TPSA) is 64.5 Å². The number of nitrogens with zero attached hydrogens (tertiary/aromatic N) is 2. The summed E-state index contributed by atoms with van der Waals surface area (Å²) in [4.78, 5) is 7.97. The van der Waals surface area contributed by atoms with E-state index in [4.69, 9.17) is 9.47 Å². The van der Waals surface area contributed by atoms with Crippen LogP contribution < -0.4 is 9.47 Å². The van der Waals surface area contributed by atoms with Crippen LogP contribution >= 0.6 is 0 Å². The SMILES string of the molecule is COc1cnc(C(O)Cc2cccc(F)c2F)c(OC)n1. The number of rotatable bonds is 5. The Morgan fingerprint density at radius 1 is 1.24 bits per heavy atom. The second-order valence-corrected chi connectivity index (χ2v) is 4.24. The summed E-state index contributed by atoms with van der Waals surface area (Å²) in [6.45, 7) is 0. The van der Waals surface area contributed by atoms with Crippen molar-refractivity contribution in [2.45, 2.75) is 12.5 Å². The van der Waals surface area contributed by atoms with Gasteiger partial charge in [-0.2, -0.15) is 4.98 Å². The number of hydrogen-bond acceptors (Lipinski definition) is 5. The van der Waals surface area contributed by atoms with Gasteiger partial charge >= 0.3 is 0 Å². The molecular formula is C14H14F2N2O3. The minimum absolute atomic E-state index is 0.0437. The monoisotopic (exact) mass is 296 g/mol. The molecule has 0 bridgehead atoms. The lowest BCUT2D eigenvalue weighted by Gasteiger charge is -2.14. The highest BCUT2D eigenvalue weighted by atomic mass is 19.2. The summed E-state index contributed by atoms with van der Waals surface area (Å²) in [6.07, 6.45) is -0.0288. The van der Waals surface area contributed by atoms with Gasteiger partial charge in [-0.05, 0) is 11.6 Å². The van der Waals surface area contributed by atoms with Crippen molar-refractivity contribution in [2.75, 3.05) is 14.2 Å². The van der Waals surface area contributed by atoms with Crippen molar-refractivity contribution < 1.29 is 23.4 Å². The van der Waals surface area contributed by atoms with Crippen LogP contribution in [0, 0.1) is 11.6 Å². The van der Waals surface area contributed by atoms with Crippen LogP contribution in [0.2, 0.25) is 0 Å². The van der Waals surface area contributed by atoms with Crippen LogP contribution in [0.3, 0.4) is 0 Å². The third kappa shape index (κ3) is 3.25. The number of ether oxygens (including phenoxy) is 2. The molecule has 1 heterocycles. The van der Waals surface area contributed by atoms with E-state index in [9.17, 15) is 13.9 Å². The Kier molecular flexibility index (Phi) is 4.64. The van der Waals surface area contributed by atoms with E-state index in [1.807, 2.05) is 0 Å². The van der Waals surface area contributed by atoms with Gasteiger partial charge in [-0.15, -0.1) is 0 Å². The zero-order chi connectivity index (χ0) is 15.4. The molecule has 1 atom stereocenters. The number of methoxy groups -OCH3 is 2. The van der Waals surface area contributed by atoms with E-state index in [1.165, 1.54) is 32.5 Å². The molecule has 1 aromatic carbocycles. The maximum absolute atomic E-state index is 13.6. The maximum Gasteiger partial charge on any atom is 0.241 e. The zero-order valence-corrected chi connectivity index (χ0v) is 11.5. The summed E-state index contributed by atoms with van der Waals surface area (Å²) in [5.41, 5.74) is 0.170. The van der Waals surface area contributed by atoms with E-state index >= 15 is 0 Å². The summed E-state index contributed by atoms with van der Waals surface area (Å²) in [7, 11) is 2.78. The number of halogens is 2. The summed E-state index contributed by atoms with van der Waals surface area (Å²) in [5.74, 6) is -1.66. The first-order valence-electron chi connectivity index (χ1n) is 6.12. The number of benzene rings is 1. The highest BCUT2D eigenvalue weighted by Gasteiger charge is 2.20. The summed E-state index contributed by atoms with van der Waals surface area (Å²) in [5, 5.41) is 10.2. The molecule has 1 aromatic heterocycles. The highest BCUT2D eigenvalue weighted by molar-refractivity contribution is 5.27. The van der Waals surface area contributed by atoms with E-state index in [0.717, 1.165) is 6.07 Å². The Bertz CT molecular complexity index is 638. The normalized spacial score (nSPS) is 12.0. The van der Waals surface area contributed by atoms with Gasteiger partial charge in [-0.3, -0.25) is 0 Å². The molecule has 112 valence electrons. The Morgan fingerprint density at radius 3 is 2.67 bits per heavy atom. The van der Waals surface area contributed by atoms with E-state index in [0.29, 0.717) is 0 Å². The van der Waals surface area contributed by atoms with Crippen LogP contribution in [0.5, 0.6) is 11.8 Å². The van der Waals surface area contributed by atoms with Gasteiger partial charge in [0.2, 0.25) is 11.8 Å². The lowest BCUT2D eigenvalue weighted by Crippen LogP contribution is -2.10. The molecule has 7 heteroatoms. The van der Waals surface area contributed by atoms with Crippen LogP contribution in [-0.2, 0) is 6.42 Å². The van der Waals surface area contributed by atoms with Gasteiger partial charge in [0.1, 0.15) is 11.8 Å². The number of aliphatic hydroxyl groups is 1. The second kappa shape index (κ2) is 6.45. The quantitative estimate of drug-likeness (QED) is 0.915. The fraction of sp³-hybridized carbons (Fsp3) is 0.286. The molecule has 0 saturated heterocycles. The van der Waals surface area contributed by atoms with Crippen LogP contribution in [0.15, 0.2) is 24.4 Å². The average Bonchev–Trinajstić information content (AvgIpc) is 2.51. The van der Waals surface area contributed by atoms with Crippen LogP contribution in [-0.4, -0.2) is 29.3 Å². The molecule has 0 saturated carbocycles. The Balaban J connectivity index is 2.28. The molecule has 0 aliphatic heterocycles. The van der Waals surface area contributed by atoms with E-state index < -0.39 is 17.7 Å². The molecule has 21 heavy (non-hydrogen) atoms. The van der Waals surface area contributed by atoms with Gasteiger partial charge < -0.3 is 14.6 Å². The summed E-state index contributed by atoms with van der Waals surface area (Å²) >= 11 is 0. The predicted molar refractivity (Wildman–Crippen MR) is 70.2 cm³/mol. The maximum atomic E-state index is 13.6. The van der Waals surface area contributed by atoms with Gasteiger partial charge in [0.05, 0.1) is 20.4 Å². The highest BCUT2D eigenvalue weighted by Crippen LogP contribution is 2.26. The minimum atomic E-state index is -1.19. The lowest BCUT2D eigenvalue weighted by atomic mass is 10.0. The van der Waals surface area contributed by atoms with E-state index in [1.54, 1.807) is 0 Å². The lowest BCUT2D eigenvalue weighted by molar-refractivity contribution is 0.165. The Labute approximate surface area is 120 Å². The molecule has 0 radical (unpaired) electrons. The molecule has 0 aliphatic rings. The summed E-state index contributed by atoms with van der Waals surface area (Å²) < 4.78 is 36.7. The standard InChI is InChI=1S/C14H14F2N2O3/c1-20-11-7-17-13(14(18-11)21-2)10(19)6-8-4-3-5-9(15)12(8)16/h3-5,7,10,19H,6H2,1-2H3. The van der Waals surface area contributed by atoms with Crippen molar-refractivity contribution in [2.24, 2.45) is 0 Å². The van der Waals surface area contributed by atoms with Gasteiger partial charge in [-0.25, -0.2) is 13.8 Å². The van der Waals surface area contributed by atoms with Crippen LogP contribution in [0.4, 0.5) is 8.78 Å². The van der Waals surface area contributed by atoms with Crippen molar-refractivity contribution in [1.29, 1.82) is 0 Å². The third-order valence-corrected chi connectivity index (χ3v) is 2.91. The first-order valence-corrected chi connectivity index (χ1v) is 6.12. The first kappa shape index (κ1) is 15.1. The van der Waals surface area contributed by atoms with E-state index in [-0.39, 0.29) is 29.4 Å². The fourth-order valence-corrected chi connectivity index (χ4v) is 1.85. The van der Waals surface area contributed by atoms with Crippen molar-refractivity contribution >= 4 is 0 Å². The van der Waals surface area contributed by atoms with Gasteiger partial charge in [0.15, 0.2) is 11.6 Å². The second-order valence-electron chi connectivity index (χ2n) is 4.24. The Hall–Kier alpha value is -2.28. The fourth-order valence-electron chi connectivity index (χ4n) is 1.85. The van der Waals surface area contributed by atoms with Crippen LogP contribution in [0.1, 0.15) is 17.4 Å².